The Hall–Kier alpha value is -3.08. The molecule has 32 heavy (non-hydrogen) atoms. The molecule has 0 aromatic heterocycles. The zero-order valence-electron chi connectivity index (χ0n) is 17.5. The number of ether oxygens (including phenoxy) is 1. The van der Waals surface area contributed by atoms with Crippen LogP contribution in [0.5, 0.6) is 5.75 Å². The van der Waals surface area contributed by atoms with Gasteiger partial charge in [-0.3, -0.25) is 4.79 Å². The number of rotatable bonds is 7. The van der Waals surface area contributed by atoms with Gasteiger partial charge in [-0.1, -0.05) is 51.1 Å². The largest absolute Gasteiger partial charge is 0.534 e. The number of hydrogen-bond acceptors (Lipinski definition) is 6. The highest BCUT2D eigenvalue weighted by molar-refractivity contribution is 7.88. The summed E-state index contributed by atoms with van der Waals surface area (Å²) in [5.41, 5.74) is -6.10. The van der Waals surface area contributed by atoms with E-state index in [0.29, 0.717) is 5.56 Å². The Labute approximate surface area is 183 Å². The smallest absolute Gasteiger partial charge is 0.457 e. The van der Waals surface area contributed by atoms with E-state index in [0.717, 1.165) is 18.2 Å². The molecule has 0 aliphatic heterocycles. The lowest BCUT2D eigenvalue weighted by Gasteiger charge is -2.19. The second-order valence-electron chi connectivity index (χ2n) is 8.00. The first kappa shape index (κ1) is 25.2. The number of benzene rings is 2. The van der Waals surface area contributed by atoms with Crippen LogP contribution in [0.3, 0.4) is 0 Å². The molecular weight excluding hydrogens is 451 g/mol. The number of carbonyl (C=O) groups is 2. The third kappa shape index (κ3) is 6.98. The normalized spacial score (nSPS) is 12.2. The van der Waals surface area contributed by atoms with Gasteiger partial charge in [0, 0.05) is 12.1 Å². The molecule has 0 heterocycles. The quantitative estimate of drug-likeness (QED) is 0.370. The third-order valence-electron chi connectivity index (χ3n) is 3.94. The van der Waals surface area contributed by atoms with E-state index < -0.39 is 38.8 Å². The molecule has 2 aromatic carbocycles. The topological polar surface area (TPSA) is 98.8 Å². The predicted octanol–water partition coefficient (Wildman–Crippen LogP) is 4.05. The van der Waals surface area contributed by atoms with Crippen molar-refractivity contribution in [1.82, 2.24) is 5.32 Å². The standard InChI is InChI=1S/C21H22F3NO6S/c1-20(2,3)13-25-18(26)15-9-10-17(31-32(28,29)21(22,23)24)16(11-15)19(27)30-12-14-7-5-4-6-8-14/h4-11H,12-13H2,1-3H3,(H,25,26). The van der Waals surface area contributed by atoms with Crippen molar-refractivity contribution >= 4 is 22.0 Å². The zero-order valence-corrected chi connectivity index (χ0v) is 18.3. The molecule has 11 heteroatoms. The Morgan fingerprint density at radius 3 is 2.19 bits per heavy atom. The molecule has 0 spiro atoms. The average molecular weight is 473 g/mol. The lowest BCUT2D eigenvalue weighted by Crippen LogP contribution is -2.32. The Kier molecular flexibility index (Phi) is 7.55. The lowest BCUT2D eigenvalue weighted by atomic mass is 9.97. The van der Waals surface area contributed by atoms with Gasteiger partial charge in [-0.25, -0.2) is 4.79 Å². The maximum atomic E-state index is 12.7. The highest BCUT2D eigenvalue weighted by Gasteiger charge is 2.49. The van der Waals surface area contributed by atoms with E-state index >= 15 is 0 Å². The van der Waals surface area contributed by atoms with Crippen molar-refractivity contribution in [2.24, 2.45) is 5.41 Å². The molecule has 174 valence electrons. The average Bonchev–Trinajstić information content (AvgIpc) is 2.69. The van der Waals surface area contributed by atoms with E-state index in [4.69, 9.17) is 4.74 Å². The van der Waals surface area contributed by atoms with Gasteiger partial charge in [0.25, 0.3) is 5.91 Å². The predicted molar refractivity (Wildman–Crippen MR) is 109 cm³/mol. The van der Waals surface area contributed by atoms with Gasteiger partial charge in [-0.2, -0.15) is 21.6 Å². The summed E-state index contributed by atoms with van der Waals surface area (Å²) in [6, 6.07) is 11.2. The summed E-state index contributed by atoms with van der Waals surface area (Å²) in [5, 5.41) is 2.62. The number of alkyl halides is 3. The van der Waals surface area contributed by atoms with E-state index in [2.05, 4.69) is 9.50 Å². The van der Waals surface area contributed by atoms with E-state index in [9.17, 15) is 31.2 Å². The summed E-state index contributed by atoms with van der Waals surface area (Å²) < 4.78 is 70.3. The maximum Gasteiger partial charge on any atom is 0.534 e. The highest BCUT2D eigenvalue weighted by atomic mass is 32.2. The first-order valence-corrected chi connectivity index (χ1v) is 10.7. The molecule has 2 aromatic rings. The van der Waals surface area contributed by atoms with Crippen molar-refractivity contribution in [2.75, 3.05) is 6.54 Å². The van der Waals surface area contributed by atoms with E-state index in [1.807, 2.05) is 20.8 Å². The molecule has 7 nitrogen and oxygen atoms in total. The van der Waals surface area contributed by atoms with Gasteiger partial charge < -0.3 is 14.2 Å². The van der Waals surface area contributed by atoms with Crippen LogP contribution in [0, 0.1) is 5.41 Å². The van der Waals surface area contributed by atoms with Gasteiger partial charge in [0.05, 0.1) is 0 Å². The molecule has 1 N–H and O–H groups in total. The molecule has 0 bridgehead atoms. The molecule has 0 atom stereocenters. The van der Waals surface area contributed by atoms with Crippen LogP contribution in [0.25, 0.3) is 0 Å². The first-order chi connectivity index (χ1) is 14.7. The molecule has 0 fully saturated rings. The summed E-state index contributed by atoms with van der Waals surface area (Å²) in [6.07, 6.45) is 0. The second-order valence-corrected chi connectivity index (χ2v) is 9.54. The molecule has 0 saturated carbocycles. The van der Waals surface area contributed by atoms with Crippen molar-refractivity contribution in [3.05, 3.63) is 65.2 Å². The monoisotopic (exact) mass is 473 g/mol. The lowest BCUT2D eigenvalue weighted by molar-refractivity contribution is -0.0500. The second kappa shape index (κ2) is 9.60. The van der Waals surface area contributed by atoms with Gasteiger partial charge >= 0.3 is 21.6 Å². The summed E-state index contributed by atoms with van der Waals surface area (Å²) in [5.74, 6) is -2.68. The van der Waals surface area contributed by atoms with Crippen molar-refractivity contribution in [3.8, 4) is 5.75 Å². The van der Waals surface area contributed by atoms with Crippen LogP contribution in [-0.4, -0.2) is 32.3 Å². The van der Waals surface area contributed by atoms with Gasteiger partial charge in [0.15, 0.2) is 5.75 Å². The number of hydrogen-bond donors (Lipinski definition) is 1. The van der Waals surface area contributed by atoms with Gasteiger partial charge in [-0.05, 0) is 29.2 Å². The fraction of sp³-hybridized carbons (Fsp3) is 0.333. The Balaban J connectivity index is 2.35. The maximum absolute atomic E-state index is 12.7. The summed E-state index contributed by atoms with van der Waals surface area (Å²) >= 11 is 0. The van der Waals surface area contributed by atoms with Gasteiger partial charge in [-0.15, -0.1) is 0 Å². The highest BCUT2D eigenvalue weighted by Crippen LogP contribution is 2.30. The van der Waals surface area contributed by atoms with Crippen molar-refractivity contribution in [1.29, 1.82) is 0 Å². The Morgan fingerprint density at radius 2 is 1.62 bits per heavy atom. The van der Waals surface area contributed by atoms with Crippen LogP contribution in [0.15, 0.2) is 48.5 Å². The SMILES string of the molecule is CC(C)(C)CNC(=O)c1ccc(OS(=O)(=O)C(F)(F)F)c(C(=O)OCc2ccccc2)c1. The van der Waals surface area contributed by atoms with E-state index in [1.165, 1.54) is 0 Å². The van der Waals surface area contributed by atoms with Crippen molar-refractivity contribution < 1.29 is 40.1 Å². The van der Waals surface area contributed by atoms with Gasteiger partial charge in [0.1, 0.15) is 12.2 Å². The molecule has 1 amide bonds. The number of amides is 1. The molecule has 0 radical (unpaired) electrons. The van der Waals surface area contributed by atoms with Crippen LogP contribution < -0.4 is 9.50 Å². The van der Waals surface area contributed by atoms with E-state index in [-0.39, 0.29) is 24.1 Å². The van der Waals surface area contributed by atoms with E-state index in [1.54, 1.807) is 30.3 Å². The Morgan fingerprint density at radius 1 is 1.00 bits per heavy atom. The Bertz CT molecular complexity index is 1080. The minimum atomic E-state index is -6.04. The van der Waals surface area contributed by atoms with Crippen LogP contribution in [0.1, 0.15) is 47.1 Å². The fourth-order valence-corrected chi connectivity index (χ4v) is 2.79. The van der Waals surface area contributed by atoms with Crippen LogP contribution in [0.2, 0.25) is 0 Å². The zero-order chi connectivity index (χ0) is 24.2. The fourth-order valence-electron chi connectivity index (χ4n) is 2.32. The number of nitrogens with one attached hydrogen (secondary N) is 1. The number of esters is 1. The minimum absolute atomic E-state index is 0.0855. The van der Waals surface area contributed by atoms with Crippen LogP contribution in [0.4, 0.5) is 13.2 Å². The van der Waals surface area contributed by atoms with Crippen LogP contribution >= 0.6 is 0 Å². The van der Waals surface area contributed by atoms with Crippen LogP contribution in [-0.2, 0) is 21.5 Å². The van der Waals surface area contributed by atoms with Crippen molar-refractivity contribution in [2.45, 2.75) is 32.9 Å². The molecule has 0 unspecified atom stereocenters. The van der Waals surface area contributed by atoms with Gasteiger partial charge in [0.2, 0.25) is 0 Å². The third-order valence-corrected chi connectivity index (χ3v) is 4.90. The molecule has 0 saturated heterocycles. The molecule has 2 rings (SSSR count). The molecule has 0 aliphatic carbocycles. The molecule has 0 aliphatic rings. The van der Waals surface area contributed by atoms with Crippen molar-refractivity contribution in [3.63, 3.8) is 0 Å². The summed E-state index contributed by atoms with van der Waals surface area (Å²) in [6.45, 7) is 5.67. The molecular formula is C21H22F3NO6S. The summed E-state index contributed by atoms with van der Waals surface area (Å²) in [4.78, 5) is 25.0. The number of carbonyl (C=O) groups excluding carboxylic acids is 2. The summed E-state index contributed by atoms with van der Waals surface area (Å²) in [7, 11) is -6.04. The minimum Gasteiger partial charge on any atom is -0.457 e. The first-order valence-electron chi connectivity index (χ1n) is 9.34. The number of halogens is 3.